The van der Waals surface area contributed by atoms with Crippen molar-refractivity contribution in [2.45, 2.75) is 169 Å². The van der Waals surface area contributed by atoms with Gasteiger partial charge in [0.15, 0.2) is 0 Å². The molecule has 0 saturated carbocycles. The van der Waals surface area contributed by atoms with Crippen LogP contribution in [0, 0.1) is 0 Å². The van der Waals surface area contributed by atoms with Crippen LogP contribution in [0.25, 0.3) is 11.3 Å². The van der Waals surface area contributed by atoms with Crippen molar-refractivity contribution in [1.29, 1.82) is 0 Å². The second kappa shape index (κ2) is 30.3. The van der Waals surface area contributed by atoms with Gasteiger partial charge < -0.3 is 49.2 Å². The van der Waals surface area contributed by atoms with Crippen molar-refractivity contribution in [3.8, 4) is 11.3 Å². The number of benzene rings is 2. The molecule has 90 heavy (non-hydrogen) atoms. The topological polar surface area (TPSA) is 229 Å². The Hall–Kier alpha value is -7.21. The van der Waals surface area contributed by atoms with Crippen molar-refractivity contribution in [1.82, 2.24) is 59.1 Å². The summed E-state index contributed by atoms with van der Waals surface area (Å²) in [6.45, 7) is 31.8. The van der Waals surface area contributed by atoms with E-state index in [1.807, 2.05) is 151 Å². The van der Waals surface area contributed by atoms with Crippen LogP contribution in [0.1, 0.15) is 144 Å². The minimum Gasteiger partial charge on any atom is -0.444 e. The van der Waals surface area contributed by atoms with Crippen molar-refractivity contribution in [2.75, 3.05) is 63.0 Å². The highest BCUT2D eigenvalue weighted by atomic mass is 79.9. The fourth-order valence-corrected chi connectivity index (χ4v) is 11.2. The number of carbonyl (C=O) groups excluding carboxylic acids is 4. The number of hydrogen-bond donors (Lipinski definition) is 2. The quantitative estimate of drug-likeness (QED) is 0.115. The number of hydrogen-bond acceptors (Lipinski definition) is 16. The lowest BCUT2D eigenvalue weighted by Gasteiger charge is -2.42. The van der Waals surface area contributed by atoms with E-state index >= 15 is 0 Å². The fraction of sp³-hybridized carbons (Fsp3) is 0.545. The maximum Gasteiger partial charge on any atom is 0.410 e. The molecular formula is C66H92BrClN14O8. The van der Waals surface area contributed by atoms with Gasteiger partial charge in [-0.1, -0.05) is 59.6 Å². The number of halogens is 2. The molecule has 0 aliphatic carbocycles. The molecule has 0 spiro atoms. The lowest BCUT2D eigenvalue weighted by Crippen LogP contribution is -2.56. The maximum absolute atomic E-state index is 13.4. The van der Waals surface area contributed by atoms with E-state index in [2.05, 4.69) is 76.0 Å². The first-order chi connectivity index (χ1) is 42.3. The molecule has 2 fully saturated rings. The van der Waals surface area contributed by atoms with E-state index in [1.54, 1.807) is 50.0 Å². The van der Waals surface area contributed by atoms with Gasteiger partial charge in [0.05, 0.1) is 52.9 Å². The van der Waals surface area contributed by atoms with Gasteiger partial charge in [0.1, 0.15) is 16.4 Å². The Bertz CT molecular complexity index is 3390. The predicted molar refractivity (Wildman–Crippen MR) is 353 cm³/mol. The molecule has 4 aliphatic heterocycles. The summed E-state index contributed by atoms with van der Waals surface area (Å²) >= 11 is 9.25. The Morgan fingerprint density at radius 3 is 1.42 bits per heavy atom. The first-order valence-electron chi connectivity index (χ1n) is 30.9. The minimum absolute atomic E-state index is 0.0524. The molecule has 2 saturated heterocycles. The molecule has 2 unspecified atom stereocenters. The van der Waals surface area contributed by atoms with Gasteiger partial charge in [-0.25, -0.2) is 29.5 Å². The number of anilines is 4. The maximum atomic E-state index is 13.4. The van der Waals surface area contributed by atoms with E-state index < -0.39 is 11.2 Å². The van der Waals surface area contributed by atoms with Gasteiger partial charge in [0, 0.05) is 126 Å². The van der Waals surface area contributed by atoms with Gasteiger partial charge in [-0.2, -0.15) is 10.2 Å². The lowest BCUT2D eigenvalue weighted by molar-refractivity contribution is -0.158. The van der Waals surface area contributed by atoms with Gasteiger partial charge in [-0.15, -0.1) is 0 Å². The molecule has 8 heterocycles. The zero-order valence-electron chi connectivity index (χ0n) is 55.3. The second-order valence-electron chi connectivity index (χ2n) is 26.7. The van der Waals surface area contributed by atoms with Crippen molar-refractivity contribution >= 4 is 74.8 Å². The summed E-state index contributed by atoms with van der Waals surface area (Å²) in [4.78, 5) is 76.7. The summed E-state index contributed by atoms with van der Waals surface area (Å²) in [5.41, 5.74) is 6.23. The highest BCUT2D eigenvalue weighted by Gasteiger charge is 2.39. The van der Waals surface area contributed by atoms with Gasteiger partial charge in [-0.3, -0.25) is 19.0 Å². The Morgan fingerprint density at radius 2 is 1.00 bits per heavy atom. The van der Waals surface area contributed by atoms with Crippen LogP contribution in [-0.2, 0) is 55.5 Å². The monoisotopic (exact) mass is 1320 g/mol. The number of carbonyl (C=O) groups is 4. The van der Waals surface area contributed by atoms with Gasteiger partial charge >= 0.3 is 12.2 Å². The van der Waals surface area contributed by atoms with Gasteiger partial charge in [-0.05, 0) is 149 Å². The number of aryl methyl sites for hydroxylation is 2. The molecule has 4 aliphatic rings. The molecule has 0 radical (unpaired) electrons. The fourth-order valence-electron chi connectivity index (χ4n) is 10.6. The molecule has 22 nitrogen and oxygen atoms in total. The average Bonchev–Trinajstić information content (AvgIpc) is 1.52. The smallest absolute Gasteiger partial charge is 0.410 e. The number of nitrogens with zero attached hydrogens (tertiary/aromatic N) is 12. The van der Waals surface area contributed by atoms with Crippen molar-refractivity contribution in [3.63, 3.8) is 0 Å². The van der Waals surface area contributed by atoms with Crippen LogP contribution in [0.15, 0.2) is 90.2 Å². The van der Waals surface area contributed by atoms with Crippen LogP contribution in [0.3, 0.4) is 0 Å². The summed E-state index contributed by atoms with van der Waals surface area (Å²) in [6, 6.07) is 15.9. The normalized spacial score (nSPS) is 17.0. The van der Waals surface area contributed by atoms with E-state index in [-0.39, 0.29) is 59.2 Å². The molecule has 2 atom stereocenters. The lowest BCUT2D eigenvalue weighted by atomic mass is 9.89. The highest BCUT2D eigenvalue weighted by Crippen LogP contribution is 2.36. The Morgan fingerprint density at radius 1 is 0.567 bits per heavy atom. The van der Waals surface area contributed by atoms with E-state index in [0.29, 0.717) is 88.7 Å². The number of ether oxygens (including phenoxy) is 4. The van der Waals surface area contributed by atoms with Crippen molar-refractivity contribution in [2.24, 2.45) is 14.1 Å². The van der Waals surface area contributed by atoms with E-state index in [1.165, 1.54) is 5.56 Å². The Kier molecular flexibility index (Phi) is 23.6. The molecule has 4 amide bonds. The third kappa shape index (κ3) is 21.5. The molecular weight excluding hydrogens is 1230 g/mol. The Labute approximate surface area is 544 Å². The van der Waals surface area contributed by atoms with Crippen LogP contribution in [0.2, 0.25) is 5.15 Å². The average molecular weight is 1320 g/mol. The number of aromatic nitrogens is 8. The van der Waals surface area contributed by atoms with Crippen LogP contribution in [-0.4, -0.2) is 170 Å². The molecule has 488 valence electrons. The summed E-state index contributed by atoms with van der Waals surface area (Å²) in [5, 5.41) is 14.8. The number of nitrogens with one attached hydrogen (secondary N) is 2. The molecule has 0 bridgehead atoms. The highest BCUT2D eigenvalue weighted by molar-refractivity contribution is 9.10. The second-order valence-corrected chi connectivity index (χ2v) is 28.0. The Balaban J connectivity index is 0.000000212. The van der Waals surface area contributed by atoms with Crippen LogP contribution < -0.4 is 10.6 Å². The standard InChI is InChI=1S/C32H43N7O4.C24H35BrN2O4.C8H8ClN5.C2H6/c1-31(2,3)42-25-19-39(20-25)28(40)15-23-17-38(30(41)43-32(4,5)6)13-11-21-14-22(8-9-26(21)23)27-10-12-33-29(36-27)35-24-16-34-37(7)18-24;1-23(2,3)30-19-14-27(15-19)21(28)12-17-13-26(22(29)31-24(4,5)6)10-9-16-11-18(25)7-8-20(16)17;1-14-5-6(4-11-14)12-8-10-3-2-7(9)13-8;1-2/h8-10,12,14,16,18,23,25H,11,13,15,17,19-20H2,1-7H3,(H,33,35,36);7-8,11,17,19H,9-10,12-15H2,1-6H3;2-5H,1H3,(H,10,12,13);1-2H3. The number of likely N-dealkylation sites (tertiary alicyclic amines) is 2. The number of amides is 4. The molecule has 2 aromatic carbocycles. The van der Waals surface area contributed by atoms with Gasteiger partial charge in [0.25, 0.3) is 0 Å². The zero-order valence-corrected chi connectivity index (χ0v) is 57.6. The van der Waals surface area contributed by atoms with E-state index in [0.717, 1.165) is 50.2 Å². The van der Waals surface area contributed by atoms with Crippen LogP contribution in [0.5, 0.6) is 0 Å². The summed E-state index contributed by atoms with van der Waals surface area (Å²) < 4.78 is 27.7. The molecule has 2 N–H and O–H groups in total. The van der Waals surface area contributed by atoms with E-state index in [4.69, 9.17) is 35.5 Å². The van der Waals surface area contributed by atoms with Crippen molar-refractivity contribution in [3.05, 3.63) is 118 Å². The first-order valence-corrected chi connectivity index (χ1v) is 32.1. The number of rotatable bonds is 11. The molecule has 4 aromatic heterocycles. The largest absolute Gasteiger partial charge is 0.444 e. The first kappa shape index (κ1) is 70.3. The summed E-state index contributed by atoms with van der Waals surface area (Å²) in [7, 11) is 3.69. The summed E-state index contributed by atoms with van der Waals surface area (Å²) in [5.74, 6) is 0.893. The molecule has 24 heteroatoms. The molecule has 6 aromatic rings. The van der Waals surface area contributed by atoms with E-state index in [9.17, 15) is 19.2 Å². The SMILES string of the molecule is CC.CC(C)(C)OC(=O)N1CCc2cc(Br)ccc2C(CC(=O)N2CC(OC(C)(C)C)C2)C1.Cn1cc(Nc2nccc(-c3ccc4c(c3)CCN(C(=O)OC(C)(C)C)CC4CC(=O)N3CC(OC(C)(C)C)C3)n2)cn1.Cn1cc(Nc2nccc(Cl)n2)cn1. The van der Waals surface area contributed by atoms with Gasteiger partial charge in [0.2, 0.25) is 23.7 Å². The third-order valence-electron chi connectivity index (χ3n) is 14.4. The van der Waals surface area contributed by atoms with Crippen molar-refractivity contribution < 1.29 is 38.1 Å². The predicted octanol–water partition coefficient (Wildman–Crippen LogP) is 12.3. The van der Waals surface area contributed by atoms with Crippen LogP contribution >= 0.6 is 27.5 Å². The number of fused-ring (bicyclic) bond motifs is 2. The van der Waals surface area contributed by atoms with Crippen LogP contribution in [0.4, 0.5) is 32.9 Å². The third-order valence-corrected chi connectivity index (χ3v) is 15.1. The minimum atomic E-state index is -0.608. The summed E-state index contributed by atoms with van der Waals surface area (Å²) in [6.07, 6.45) is 11.9. The molecule has 10 rings (SSSR count). The zero-order chi connectivity index (χ0) is 65.9.